The topological polar surface area (TPSA) is 63.2 Å². The van der Waals surface area contributed by atoms with E-state index in [2.05, 4.69) is 15.6 Å². The summed E-state index contributed by atoms with van der Waals surface area (Å²) in [5, 5.41) is 8.28. The Kier molecular flexibility index (Phi) is 6.05. The average molecular weight is 424 g/mol. The van der Waals surface area contributed by atoms with Crippen LogP contribution in [-0.4, -0.2) is 16.0 Å². The standard InChI is InChI=1S/C17H11Cl2N3O2S2/c18-10-7-13(19)16(20-9-10)24-12-4-1-3-11(8-12)21-17(25)22-15(23)14-5-2-6-26-14/h1-9H,(H2,21,22,23,25). The summed E-state index contributed by atoms with van der Waals surface area (Å²) in [6.45, 7) is 0. The molecule has 132 valence electrons. The first-order chi connectivity index (χ1) is 12.5. The Balaban J connectivity index is 1.65. The van der Waals surface area contributed by atoms with Crippen molar-refractivity contribution >= 4 is 63.5 Å². The molecule has 0 spiro atoms. The summed E-state index contributed by atoms with van der Waals surface area (Å²) in [6.07, 6.45) is 1.44. The van der Waals surface area contributed by atoms with Crippen LogP contribution in [0.4, 0.5) is 5.69 Å². The lowest BCUT2D eigenvalue weighted by Crippen LogP contribution is -2.33. The number of rotatable bonds is 4. The van der Waals surface area contributed by atoms with Crippen LogP contribution in [0, 0.1) is 0 Å². The fraction of sp³-hybridized carbons (Fsp3) is 0. The van der Waals surface area contributed by atoms with Gasteiger partial charge in [0.15, 0.2) is 5.11 Å². The van der Waals surface area contributed by atoms with Crippen molar-refractivity contribution in [3.8, 4) is 11.6 Å². The molecule has 0 aliphatic rings. The normalized spacial score (nSPS) is 10.2. The van der Waals surface area contributed by atoms with Crippen LogP contribution in [-0.2, 0) is 0 Å². The van der Waals surface area contributed by atoms with Gasteiger partial charge in [0.05, 0.1) is 9.90 Å². The molecule has 0 aliphatic carbocycles. The van der Waals surface area contributed by atoms with Gasteiger partial charge < -0.3 is 10.1 Å². The number of ether oxygens (including phenoxy) is 1. The Morgan fingerprint density at radius 1 is 1.19 bits per heavy atom. The lowest BCUT2D eigenvalue weighted by Gasteiger charge is -2.11. The molecule has 3 aromatic rings. The van der Waals surface area contributed by atoms with E-state index in [1.165, 1.54) is 17.5 Å². The largest absolute Gasteiger partial charge is 0.437 e. The maximum atomic E-state index is 12.0. The second-order valence-corrected chi connectivity index (χ2v) is 7.16. The van der Waals surface area contributed by atoms with E-state index in [0.717, 1.165) is 0 Å². The van der Waals surface area contributed by atoms with Gasteiger partial charge in [-0.3, -0.25) is 10.1 Å². The van der Waals surface area contributed by atoms with E-state index < -0.39 is 0 Å². The third-order valence-corrected chi connectivity index (χ3v) is 4.60. The lowest BCUT2D eigenvalue weighted by molar-refractivity contribution is 0.0981. The fourth-order valence-corrected chi connectivity index (χ4v) is 3.21. The van der Waals surface area contributed by atoms with Crippen LogP contribution in [0.3, 0.4) is 0 Å². The number of pyridine rings is 1. The number of anilines is 1. The first kappa shape index (κ1) is 18.6. The highest BCUT2D eigenvalue weighted by Gasteiger charge is 2.10. The fourth-order valence-electron chi connectivity index (χ4n) is 1.96. The summed E-state index contributed by atoms with van der Waals surface area (Å²) >= 11 is 18.4. The van der Waals surface area contributed by atoms with Gasteiger partial charge >= 0.3 is 0 Å². The van der Waals surface area contributed by atoms with E-state index in [1.54, 1.807) is 42.5 Å². The zero-order valence-electron chi connectivity index (χ0n) is 13.0. The SMILES string of the molecule is O=C(NC(=S)Nc1cccc(Oc2ncc(Cl)cc2Cl)c1)c1cccs1. The number of nitrogens with zero attached hydrogens (tertiary/aromatic N) is 1. The summed E-state index contributed by atoms with van der Waals surface area (Å²) < 4.78 is 5.66. The monoisotopic (exact) mass is 423 g/mol. The number of halogens is 2. The molecule has 2 aromatic heterocycles. The molecule has 0 saturated carbocycles. The van der Waals surface area contributed by atoms with Crippen molar-refractivity contribution in [3.05, 3.63) is 69.0 Å². The number of hydrogen-bond acceptors (Lipinski definition) is 5. The predicted octanol–water partition coefficient (Wildman–Crippen LogP) is 5.37. The summed E-state index contributed by atoms with van der Waals surface area (Å²) in [6, 6.07) is 12.1. The van der Waals surface area contributed by atoms with Crippen molar-refractivity contribution in [3.63, 3.8) is 0 Å². The zero-order chi connectivity index (χ0) is 18.5. The molecule has 3 rings (SSSR count). The summed E-state index contributed by atoms with van der Waals surface area (Å²) in [7, 11) is 0. The third-order valence-electron chi connectivity index (χ3n) is 3.05. The number of hydrogen-bond donors (Lipinski definition) is 2. The molecule has 5 nitrogen and oxygen atoms in total. The minimum absolute atomic E-state index is 0.184. The number of aromatic nitrogens is 1. The van der Waals surface area contributed by atoms with Gasteiger partial charge in [0, 0.05) is 18.0 Å². The second-order valence-electron chi connectivity index (χ2n) is 4.96. The van der Waals surface area contributed by atoms with E-state index in [-0.39, 0.29) is 16.9 Å². The molecular weight excluding hydrogens is 413 g/mol. The molecule has 0 aliphatic heterocycles. The van der Waals surface area contributed by atoms with Crippen molar-refractivity contribution in [2.45, 2.75) is 0 Å². The number of thiophene rings is 1. The van der Waals surface area contributed by atoms with E-state index in [0.29, 0.717) is 26.4 Å². The van der Waals surface area contributed by atoms with E-state index in [4.69, 9.17) is 40.2 Å². The Labute approximate surface area is 168 Å². The van der Waals surface area contributed by atoms with E-state index in [9.17, 15) is 4.79 Å². The Bertz CT molecular complexity index is 949. The third kappa shape index (κ3) is 4.92. The van der Waals surface area contributed by atoms with Gasteiger partial charge in [0.1, 0.15) is 10.8 Å². The van der Waals surface area contributed by atoms with Crippen LogP contribution in [0.2, 0.25) is 10.0 Å². The van der Waals surface area contributed by atoms with E-state index in [1.807, 2.05) is 5.38 Å². The molecule has 26 heavy (non-hydrogen) atoms. The van der Waals surface area contributed by atoms with Gasteiger partial charge in [-0.1, -0.05) is 35.3 Å². The molecule has 0 atom stereocenters. The summed E-state index contributed by atoms with van der Waals surface area (Å²) in [5.41, 5.74) is 0.643. The van der Waals surface area contributed by atoms with Crippen molar-refractivity contribution < 1.29 is 9.53 Å². The van der Waals surface area contributed by atoms with Crippen LogP contribution in [0.25, 0.3) is 0 Å². The molecule has 9 heteroatoms. The van der Waals surface area contributed by atoms with Gasteiger partial charge in [-0.2, -0.15) is 0 Å². The summed E-state index contributed by atoms with van der Waals surface area (Å²) in [5.74, 6) is 0.475. The molecule has 2 heterocycles. The molecule has 1 amide bonds. The van der Waals surface area contributed by atoms with E-state index >= 15 is 0 Å². The van der Waals surface area contributed by atoms with Crippen LogP contribution in [0.1, 0.15) is 9.67 Å². The molecule has 2 N–H and O–H groups in total. The maximum absolute atomic E-state index is 12.0. The molecule has 0 radical (unpaired) electrons. The molecule has 0 fully saturated rings. The Morgan fingerprint density at radius 2 is 2.04 bits per heavy atom. The van der Waals surface area contributed by atoms with Gasteiger partial charge in [-0.15, -0.1) is 11.3 Å². The molecule has 1 aromatic carbocycles. The first-order valence-corrected chi connectivity index (χ1v) is 9.30. The molecule has 0 unspecified atom stereocenters. The number of carbonyl (C=O) groups excluding carboxylic acids is 1. The minimum atomic E-state index is -0.262. The highest BCUT2D eigenvalue weighted by Crippen LogP contribution is 2.30. The van der Waals surface area contributed by atoms with Crippen molar-refractivity contribution in [2.24, 2.45) is 0 Å². The number of nitrogens with one attached hydrogen (secondary N) is 2. The van der Waals surface area contributed by atoms with Gasteiger partial charge in [0.25, 0.3) is 5.91 Å². The van der Waals surface area contributed by atoms with Crippen LogP contribution in [0.5, 0.6) is 11.6 Å². The Hall–Kier alpha value is -2.19. The molecule has 0 bridgehead atoms. The van der Waals surface area contributed by atoms with Gasteiger partial charge in [0.2, 0.25) is 5.88 Å². The van der Waals surface area contributed by atoms with Crippen LogP contribution < -0.4 is 15.4 Å². The van der Waals surface area contributed by atoms with Crippen LogP contribution in [0.15, 0.2) is 54.0 Å². The van der Waals surface area contributed by atoms with Crippen molar-refractivity contribution in [1.29, 1.82) is 0 Å². The van der Waals surface area contributed by atoms with Crippen molar-refractivity contribution in [1.82, 2.24) is 10.3 Å². The van der Waals surface area contributed by atoms with Crippen LogP contribution >= 0.6 is 46.8 Å². The Morgan fingerprint density at radius 3 is 2.77 bits per heavy atom. The first-order valence-electron chi connectivity index (χ1n) is 7.26. The average Bonchev–Trinajstić information content (AvgIpc) is 3.12. The predicted molar refractivity (Wildman–Crippen MR) is 109 cm³/mol. The lowest BCUT2D eigenvalue weighted by atomic mass is 10.3. The number of amides is 1. The van der Waals surface area contributed by atoms with Crippen molar-refractivity contribution in [2.75, 3.05) is 5.32 Å². The highest BCUT2D eigenvalue weighted by molar-refractivity contribution is 7.80. The highest BCUT2D eigenvalue weighted by atomic mass is 35.5. The maximum Gasteiger partial charge on any atom is 0.267 e. The molecule has 0 saturated heterocycles. The quantitative estimate of drug-likeness (QED) is 0.552. The van der Waals surface area contributed by atoms with Gasteiger partial charge in [-0.05, 0) is 41.9 Å². The number of thiocarbonyl (C=S) groups is 1. The molecular formula is C17H11Cl2N3O2S2. The van der Waals surface area contributed by atoms with Gasteiger partial charge in [-0.25, -0.2) is 4.98 Å². The smallest absolute Gasteiger partial charge is 0.267 e. The zero-order valence-corrected chi connectivity index (χ0v) is 16.2. The summed E-state index contributed by atoms with van der Waals surface area (Å²) in [4.78, 5) is 16.6. The second kappa shape index (κ2) is 8.46. The number of carbonyl (C=O) groups is 1. The number of benzene rings is 1. The minimum Gasteiger partial charge on any atom is -0.437 e.